The minimum Gasteiger partial charge on any atom is -0.481 e. The molecule has 2 amide bonds. The molecule has 6 heteroatoms. The summed E-state index contributed by atoms with van der Waals surface area (Å²) >= 11 is 1.91. The quantitative estimate of drug-likeness (QED) is 0.702. The van der Waals surface area contributed by atoms with Gasteiger partial charge in [0.15, 0.2) is 0 Å². The predicted octanol–water partition coefficient (Wildman–Crippen LogP) is 1.88. The monoisotopic (exact) mass is 288 g/mol. The zero-order valence-electron chi connectivity index (χ0n) is 11.7. The molecule has 5 nitrogen and oxygen atoms in total. The number of likely N-dealkylation sites (tertiary alicyclic amines) is 1. The second-order valence-corrected chi connectivity index (χ2v) is 6.47. The van der Waals surface area contributed by atoms with E-state index in [0.29, 0.717) is 32.0 Å². The van der Waals surface area contributed by atoms with Gasteiger partial charge in [0.05, 0.1) is 5.92 Å². The number of nitrogens with one attached hydrogen (secondary N) is 1. The number of amides is 2. The molecule has 0 radical (unpaired) electrons. The fourth-order valence-electron chi connectivity index (χ4n) is 1.95. The SMILES string of the molecule is CC(C)CSCCCNC(=O)N1CCC(C(=O)O)C1. The zero-order valence-corrected chi connectivity index (χ0v) is 12.5. The summed E-state index contributed by atoms with van der Waals surface area (Å²) in [6.45, 7) is 5.94. The third-order valence-corrected chi connectivity index (χ3v) is 4.50. The molecule has 1 aliphatic rings. The van der Waals surface area contributed by atoms with Crippen LogP contribution in [0.25, 0.3) is 0 Å². The van der Waals surface area contributed by atoms with Crippen LogP contribution in [0.1, 0.15) is 26.7 Å². The molecule has 0 aromatic carbocycles. The van der Waals surface area contributed by atoms with Crippen molar-refractivity contribution in [2.24, 2.45) is 11.8 Å². The molecule has 1 heterocycles. The Kier molecular flexibility index (Phi) is 7.05. The van der Waals surface area contributed by atoms with Gasteiger partial charge in [-0.15, -0.1) is 0 Å². The van der Waals surface area contributed by atoms with Crippen molar-refractivity contribution >= 4 is 23.8 Å². The molecule has 110 valence electrons. The first-order chi connectivity index (χ1) is 9.00. The van der Waals surface area contributed by atoms with Crippen molar-refractivity contribution in [1.82, 2.24) is 10.2 Å². The Balaban J connectivity index is 2.07. The third kappa shape index (κ3) is 6.18. The van der Waals surface area contributed by atoms with Gasteiger partial charge < -0.3 is 15.3 Å². The molecule has 1 aliphatic heterocycles. The molecule has 0 bridgehead atoms. The van der Waals surface area contributed by atoms with Crippen LogP contribution < -0.4 is 5.32 Å². The van der Waals surface area contributed by atoms with Gasteiger partial charge in [0, 0.05) is 19.6 Å². The molecule has 0 saturated carbocycles. The first-order valence-electron chi connectivity index (χ1n) is 6.84. The molecular formula is C13H24N2O3S. The number of carbonyl (C=O) groups is 2. The van der Waals surface area contributed by atoms with Crippen LogP contribution >= 0.6 is 11.8 Å². The maximum absolute atomic E-state index is 11.8. The lowest BCUT2D eigenvalue weighted by molar-refractivity contribution is -0.141. The smallest absolute Gasteiger partial charge is 0.317 e. The molecular weight excluding hydrogens is 264 g/mol. The zero-order chi connectivity index (χ0) is 14.3. The van der Waals surface area contributed by atoms with Gasteiger partial charge in [0.2, 0.25) is 0 Å². The van der Waals surface area contributed by atoms with Crippen molar-refractivity contribution in [3.05, 3.63) is 0 Å². The van der Waals surface area contributed by atoms with E-state index in [0.717, 1.165) is 17.9 Å². The van der Waals surface area contributed by atoms with Crippen molar-refractivity contribution in [3.8, 4) is 0 Å². The Bertz CT molecular complexity index is 310. The largest absolute Gasteiger partial charge is 0.481 e. The average molecular weight is 288 g/mol. The topological polar surface area (TPSA) is 69.6 Å². The van der Waals surface area contributed by atoms with E-state index in [2.05, 4.69) is 19.2 Å². The van der Waals surface area contributed by atoms with Crippen LogP contribution in [0.3, 0.4) is 0 Å². The molecule has 0 aromatic heterocycles. The number of aliphatic carboxylic acids is 1. The van der Waals surface area contributed by atoms with Crippen LogP contribution in [-0.4, -0.2) is 53.1 Å². The minimum absolute atomic E-state index is 0.127. The minimum atomic E-state index is -0.805. The fraction of sp³-hybridized carbons (Fsp3) is 0.846. The van der Waals surface area contributed by atoms with E-state index in [9.17, 15) is 9.59 Å². The lowest BCUT2D eigenvalue weighted by Crippen LogP contribution is -2.39. The summed E-state index contributed by atoms with van der Waals surface area (Å²) < 4.78 is 0. The van der Waals surface area contributed by atoms with E-state index in [4.69, 9.17) is 5.11 Å². The molecule has 1 unspecified atom stereocenters. The number of urea groups is 1. The maximum atomic E-state index is 11.8. The van der Waals surface area contributed by atoms with Gasteiger partial charge in [-0.25, -0.2) is 4.79 Å². The molecule has 0 aromatic rings. The highest BCUT2D eigenvalue weighted by atomic mass is 32.2. The van der Waals surface area contributed by atoms with Crippen LogP contribution in [0.4, 0.5) is 4.79 Å². The van der Waals surface area contributed by atoms with Crippen molar-refractivity contribution in [2.75, 3.05) is 31.1 Å². The van der Waals surface area contributed by atoms with E-state index in [1.165, 1.54) is 0 Å². The van der Waals surface area contributed by atoms with Gasteiger partial charge in [-0.3, -0.25) is 4.79 Å². The van der Waals surface area contributed by atoms with Gasteiger partial charge in [-0.2, -0.15) is 11.8 Å². The summed E-state index contributed by atoms with van der Waals surface area (Å²) in [5.74, 6) is 1.71. The number of nitrogens with zero attached hydrogens (tertiary/aromatic N) is 1. The molecule has 1 saturated heterocycles. The van der Waals surface area contributed by atoms with E-state index >= 15 is 0 Å². The van der Waals surface area contributed by atoms with Crippen LogP contribution in [0.2, 0.25) is 0 Å². The second kappa shape index (κ2) is 8.30. The van der Waals surface area contributed by atoms with E-state index in [1.54, 1.807) is 4.90 Å². The first kappa shape index (κ1) is 16.1. The Morgan fingerprint density at radius 2 is 2.21 bits per heavy atom. The Hall–Kier alpha value is -0.910. The summed E-state index contributed by atoms with van der Waals surface area (Å²) in [5.41, 5.74) is 0. The molecule has 0 spiro atoms. The van der Waals surface area contributed by atoms with E-state index in [-0.39, 0.29) is 6.03 Å². The summed E-state index contributed by atoms with van der Waals surface area (Å²) in [6, 6.07) is -0.127. The molecule has 19 heavy (non-hydrogen) atoms. The number of thioether (sulfide) groups is 1. The number of carbonyl (C=O) groups excluding carboxylic acids is 1. The van der Waals surface area contributed by atoms with Gasteiger partial charge >= 0.3 is 12.0 Å². The second-order valence-electron chi connectivity index (χ2n) is 5.32. The van der Waals surface area contributed by atoms with Crippen LogP contribution in [0, 0.1) is 11.8 Å². The number of carboxylic acids is 1. The lowest BCUT2D eigenvalue weighted by Gasteiger charge is -2.16. The van der Waals surface area contributed by atoms with Crippen LogP contribution in [-0.2, 0) is 4.79 Å². The standard InChI is InChI=1S/C13H24N2O3S/c1-10(2)9-19-7-3-5-14-13(18)15-6-4-11(8-15)12(16)17/h10-11H,3-9H2,1-2H3,(H,14,18)(H,16,17). The predicted molar refractivity (Wildman–Crippen MR) is 77.5 cm³/mol. The molecule has 1 fully saturated rings. The highest BCUT2D eigenvalue weighted by Crippen LogP contribution is 2.16. The lowest BCUT2D eigenvalue weighted by atomic mass is 10.1. The average Bonchev–Trinajstić information content (AvgIpc) is 2.82. The maximum Gasteiger partial charge on any atom is 0.317 e. The van der Waals surface area contributed by atoms with Crippen molar-refractivity contribution in [3.63, 3.8) is 0 Å². The van der Waals surface area contributed by atoms with Crippen molar-refractivity contribution in [1.29, 1.82) is 0 Å². The van der Waals surface area contributed by atoms with Gasteiger partial charge in [0.1, 0.15) is 0 Å². The third-order valence-electron chi connectivity index (χ3n) is 3.02. The number of hydrogen-bond donors (Lipinski definition) is 2. The van der Waals surface area contributed by atoms with Crippen LogP contribution in [0.5, 0.6) is 0 Å². The number of carboxylic acid groups (broad SMARTS) is 1. The number of hydrogen-bond acceptors (Lipinski definition) is 3. The summed E-state index contributed by atoms with van der Waals surface area (Å²) in [7, 11) is 0. The van der Waals surface area contributed by atoms with Crippen molar-refractivity contribution in [2.45, 2.75) is 26.7 Å². The molecule has 2 N–H and O–H groups in total. The summed E-state index contributed by atoms with van der Waals surface area (Å²) in [6.07, 6.45) is 1.52. The highest BCUT2D eigenvalue weighted by molar-refractivity contribution is 7.99. The van der Waals surface area contributed by atoms with Crippen molar-refractivity contribution < 1.29 is 14.7 Å². The Labute approximate surface area is 119 Å². The first-order valence-corrected chi connectivity index (χ1v) is 7.99. The Morgan fingerprint density at radius 1 is 1.47 bits per heavy atom. The number of rotatable bonds is 7. The van der Waals surface area contributed by atoms with Crippen LogP contribution in [0.15, 0.2) is 0 Å². The van der Waals surface area contributed by atoms with E-state index < -0.39 is 11.9 Å². The Morgan fingerprint density at radius 3 is 2.79 bits per heavy atom. The molecule has 1 rings (SSSR count). The van der Waals surface area contributed by atoms with Gasteiger partial charge in [0.25, 0.3) is 0 Å². The van der Waals surface area contributed by atoms with Gasteiger partial charge in [-0.1, -0.05) is 13.8 Å². The molecule has 0 aliphatic carbocycles. The summed E-state index contributed by atoms with van der Waals surface area (Å²) in [5, 5.41) is 11.7. The normalized spacial score (nSPS) is 18.9. The fourth-order valence-corrected chi connectivity index (χ4v) is 2.93. The summed E-state index contributed by atoms with van der Waals surface area (Å²) in [4.78, 5) is 24.2. The van der Waals surface area contributed by atoms with E-state index in [1.807, 2.05) is 11.8 Å². The molecule has 1 atom stereocenters. The highest BCUT2D eigenvalue weighted by Gasteiger charge is 2.30. The van der Waals surface area contributed by atoms with Gasteiger partial charge in [-0.05, 0) is 30.3 Å².